The Kier molecular flexibility index (Phi) is 6.96. The highest BCUT2D eigenvalue weighted by atomic mass is 19.4. The third-order valence-corrected chi connectivity index (χ3v) is 6.79. The van der Waals surface area contributed by atoms with E-state index >= 15 is 8.78 Å². The number of hydrogen-bond acceptors (Lipinski definition) is 1. The highest BCUT2D eigenvalue weighted by molar-refractivity contribution is 5.70. The molecule has 6 heteroatoms. The van der Waals surface area contributed by atoms with Crippen LogP contribution in [0.3, 0.4) is 0 Å². The molecule has 3 aromatic rings. The van der Waals surface area contributed by atoms with Gasteiger partial charge in [0.2, 0.25) is 0 Å². The molecule has 4 rings (SSSR count). The second-order valence-corrected chi connectivity index (χ2v) is 8.94. The van der Waals surface area contributed by atoms with Crippen molar-refractivity contribution >= 4 is 0 Å². The Morgan fingerprint density at radius 3 is 1.91 bits per heavy atom. The van der Waals surface area contributed by atoms with Crippen molar-refractivity contribution in [2.75, 3.05) is 0 Å². The van der Waals surface area contributed by atoms with E-state index in [1.54, 1.807) is 30.3 Å². The molecule has 0 radical (unpaired) electrons. The van der Waals surface area contributed by atoms with Crippen LogP contribution in [0.15, 0.2) is 72.8 Å². The molecule has 34 heavy (non-hydrogen) atoms. The average molecular weight is 475 g/mol. The summed E-state index contributed by atoms with van der Waals surface area (Å²) in [4.78, 5) is 0. The first-order valence-electron chi connectivity index (χ1n) is 11.6. The molecule has 1 fully saturated rings. The predicted octanol–water partition coefficient (Wildman–Crippen LogP) is 9.18. The number of rotatable bonds is 6. The molecule has 0 bridgehead atoms. The first-order chi connectivity index (χ1) is 16.2. The van der Waals surface area contributed by atoms with E-state index in [0.29, 0.717) is 17.0 Å². The van der Waals surface area contributed by atoms with Crippen LogP contribution in [0, 0.1) is 5.92 Å². The highest BCUT2D eigenvalue weighted by Crippen LogP contribution is 2.40. The number of alkyl halides is 5. The Hall–Kier alpha value is -2.89. The highest BCUT2D eigenvalue weighted by Gasteiger charge is 2.36. The lowest BCUT2D eigenvalue weighted by Gasteiger charge is -2.28. The molecule has 0 heterocycles. The molecule has 0 aliphatic heterocycles. The van der Waals surface area contributed by atoms with Crippen LogP contribution in [-0.4, -0.2) is 0 Å². The summed E-state index contributed by atoms with van der Waals surface area (Å²) < 4.78 is 73.8. The number of halogens is 5. The molecule has 1 aliphatic rings. The number of ether oxygens (including phenoxy) is 1. The third kappa shape index (κ3) is 5.43. The predicted molar refractivity (Wildman–Crippen MR) is 123 cm³/mol. The van der Waals surface area contributed by atoms with E-state index in [-0.39, 0.29) is 11.3 Å². The van der Waals surface area contributed by atoms with Gasteiger partial charge >= 0.3 is 12.3 Å². The summed E-state index contributed by atoms with van der Waals surface area (Å²) >= 11 is 0. The molecule has 3 aromatic carbocycles. The van der Waals surface area contributed by atoms with Gasteiger partial charge in [0, 0.05) is 5.56 Å². The Bertz CT molecular complexity index is 1080. The fraction of sp³-hybridized carbons (Fsp3) is 0.357. The molecule has 0 atom stereocenters. The van der Waals surface area contributed by atoms with E-state index in [4.69, 9.17) is 4.74 Å². The zero-order valence-electron chi connectivity index (χ0n) is 18.9. The molecule has 0 spiro atoms. The summed E-state index contributed by atoms with van der Waals surface area (Å²) in [5.74, 6) is 1.05. The van der Waals surface area contributed by atoms with Crippen LogP contribution in [0.2, 0.25) is 0 Å². The zero-order chi connectivity index (χ0) is 24.3. The van der Waals surface area contributed by atoms with E-state index in [0.717, 1.165) is 36.5 Å². The van der Waals surface area contributed by atoms with Crippen molar-refractivity contribution in [3.63, 3.8) is 0 Å². The molecular formula is C28H27F5O. The molecule has 180 valence electrons. The monoisotopic (exact) mass is 474 g/mol. The maximum Gasteiger partial charge on any atom is 0.426 e. The second-order valence-electron chi connectivity index (χ2n) is 8.94. The van der Waals surface area contributed by atoms with E-state index < -0.39 is 17.8 Å². The van der Waals surface area contributed by atoms with Crippen molar-refractivity contribution in [3.05, 3.63) is 89.5 Å². The van der Waals surface area contributed by atoms with Gasteiger partial charge in [-0.05, 0) is 79.0 Å². The second kappa shape index (κ2) is 9.77. The van der Waals surface area contributed by atoms with Crippen LogP contribution < -0.4 is 4.74 Å². The van der Waals surface area contributed by atoms with Crippen LogP contribution in [0.5, 0.6) is 5.75 Å². The minimum atomic E-state index is -4.47. The van der Waals surface area contributed by atoms with Gasteiger partial charge in [-0.1, -0.05) is 55.8 Å². The van der Waals surface area contributed by atoms with Gasteiger partial charge in [-0.15, -0.1) is 0 Å². The van der Waals surface area contributed by atoms with Gasteiger partial charge in [-0.3, -0.25) is 0 Å². The Labute approximate surface area is 196 Å². The standard InChI is InChI=1S/C28H27F5O/c1-2-19-7-9-20(10-8-19)21-11-17-24(18-12-21)28(32,33)34-26-6-4-3-5-25(26)22-13-15-23(16-14-22)27(29,30)31/h3-6,11-20H,2,7-10H2,1H3. The molecule has 0 N–H and O–H groups in total. The average Bonchev–Trinajstić information content (AvgIpc) is 2.84. The van der Waals surface area contributed by atoms with Crippen LogP contribution >= 0.6 is 0 Å². The minimum Gasteiger partial charge on any atom is -0.428 e. The van der Waals surface area contributed by atoms with Gasteiger partial charge in [0.15, 0.2) is 0 Å². The largest absolute Gasteiger partial charge is 0.428 e. The topological polar surface area (TPSA) is 9.23 Å². The Morgan fingerprint density at radius 2 is 1.32 bits per heavy atom. The van der Waals surface area contributed by atoms with E-state index in [1.165, 1.54) is 49.6 Å². The van der Waals surface area contributed by atoms with Gasteiger partial charge in [-0.25, -0.2) is 0 Å². The van der Waals surface area contributed by atoms with Crippen molar-refractivity contribution in [2.24, 2.45) is 5.92 Å². The van der Waals surface area contributed by atoms with E-state index in [1.807, 2.05) is 0 Å². The van der Waals surface area contributed by atoms with Crippen molar-refractivity contribution in [1.82, 2.24) is 0 Å². The maximum absolute atomic E-state index is 15.1. The van der Waals surface area contributed by atoms with Gasteiger partial charge in [0.1, 0.15) is 5.75 Å². The lowest BCUT2D eigenvalue weighted by Crippen LogP contribution is -2.22. The summed E-state index contributed by atoms with van der Waals surface area (Å²) in [5.41, 5.74) is 0.654. The molecule has 0 amide bonds. The zero-order valence-corrected chi connectivity index (χ0v) is 18.9. The maximum atomic E-state index is 15.1. The fourth-order valence-corrected chi connectivity index (χ4v) is 4.68. The Balaban J connectivity index is 1.51. The van der Waals surface area contributed by atoms with Crippen LogP contribution in [0.1, 0.15) is 61.6 Å². The van der Waals surface area contributed by atoms with Crippen molar-refractivity contribution in [1.29, 1.82) is 0 Å². The smallest absolute Gasteiger partial charge is 0.426 e. The van der Waals surface area contributed by atoms with Crippen LogP contribution in [-0.2, 0) is 12.3 Å². The minimum absolute atomic E-state index is 0.103. The number of hydrogen-bond donors (Lipinski definition) is 0. The molecule has 1 nitrogen and oxygen atoms in total. The summed E-state index contributed by atoms with van der Waals surface area (Å²) in [5, 5.41) is 0. The van der Waals surface area contributed by atoms with E-state index in [2.05, 4.69) is 6.92 Å². The quantitative estimate of drug-likeness (QED) is 0.324. The molecule has 0 unspecified atom stereocenters. The SMILES string of the molecule is CCC1CCC(c2ccc(C(F)(F)Oc3ccccc3-c3ccc(C(F)(F)F)cc3)cc2)CC1. The Morgan fingerprint density at radius 1 is 0.735 bits per heavy atom. The van der Waals surface area contributed by atoms with Crippen molar-refractivity contribution < 1.29 is 26.7 Å². The lowest BCUT2D eigenvalue weighted by atomic mass is 9.78. The van der Waals surface area contributed by atoms with Gasteiger partial charge in [-0.2, -0.15) is 22.0 Å². The van der Waals surface area contributed by atoms with Gasteiger partial charge in [0.25, 0.3) is 0 Å². The normalized spacial score (nSPS) is 19.1. The summed E-state index contributed by atoms with van der Waals surface area (Å²) in [6, 6.07) is 16.8. The molecule has 0 aromatic heterocycles. The van der Waals surface area contributed by atoms with Crippen molar-refractivity contribution in [2.45, 2.75) is 57.2 Å². The first kappa shape index (κ1) is 24.2. The number of benzene rings is 3. The van der Waals surface area contributed by atoms with Crippen LogP contribution in [0.4, 0.5) is 22.0 Å². The summed E-state index contributed by atoms with van der Waals surface area (Å²) in [6.45, 7) is 2.21. The molecule has 0 saturated heterocycles. The third-order valence-electron chi connectivity index (χ3n) is 6.79. The summed E-state index contributed by atoms with van der Waals surface area (Å²) in [6.07, 6.45) is -2.39. The van der Waals surface area contributed by atoms with Gasteiger partial charge in [0.05, 0.1) is 11.1 Å². The van der Waals surface area contributed by atoms with Crippen LogP contribution in [0.25, 0.3) is 11.1 Å². The molecular weight excluding hydrogens is 447 g/mol. The van der Waals surface area contributed by atoms with Gasteiger partial charge < -0.3 is 4.74 Å². The number of para-hydroxylation sites is 1. The lowest BCUT2D eigenvalue weighted by molar-refractivity contribution is -0.185. The summed E-state index contributed by atoms with van der Waals surface area (Å²) in [7, 11) is 0. The molecule has 1 saturated carbocycles. The fourth-order valence-electron chi connectivity index (χ4n) is 4.68. The van der Waals surface area contributed by atoms with E-state index in [9.17, 15) is 13.2 Å². The molecule has 1 aliphatic carbocycles. The van der Waals surface area contributed by atoms with Crippen molar-refractivity contribution in [3.8, 4) is 16.9 Å². The first-order valence-corrected chi connectivity index (χ1v) is 11.6.